The maximum absolute atomic E-state index is 13.4. The van der Waals surface area contributed by atoms with E-state index >= 15 is 0 Å². The lowest BCUT2D eigenvalue weighted by Crippen LogP contribution is -2.35. The number of aliphatic imine (C=N–C) groups is 1. The Hall–Kier alpha value is -2.74. The van der Waals surface area contributed by atoms with Crippen LogP contribution in [0.4, 0.5) is 4.39 Å². The fourth-order valence-electron chi connectivity index (χ4n) is 3.16. The molecule has 0 fully saturated rings. The Morgan fingerprint density at radius 2 is 2.00 bits per heavy atom. The lowest BCUT2D eigenvalue weighted by Gasteiger charge is -2.14. The Kier molecular flexibility index (Phi) is 6.32. The SMILES string of the molecule is CCCCC(N=C1NS(=O)(=O)c2ccccc21)C(=O)NCc1ccc(F)c(C)c1. The van der Waals surface area contributed by atoms with Gasteiger partial charge in [0.05, 0.1) is 4.90 Å². The van der Waals surface area contributed by atoms with Crippen LogP contribution in [0.1, 0.15) is 42.9 Å². The minimum absolute atomic E-state index is 0.162. The zero-order valence-electron chi connectivity index (χ0n) is 16.4. The maximum Gasteiger partial charge on any atom is 0.263 e. The third-order valence-corrected chi connectivity index (χ3v) is 6.17. The fraction of sp³-hybridized carbons (Fsp3) is 0.333. The number of hydrogen-bond acceptors (Lipinski definition) is 4. The van der Waals surface area contributed by atoms with Crippen LogP contribution in [0.2, 0.25) is 0 Å². The van der Waals surface area contributed by atoms with Crippen LogP contribution in [-0.2, 0) is 21.4 Å². The van der Waals surface area contributed by atoms with Gasteiger partial charge in [-0.1, -0.05) is 44.0 Å². The quantitative estimate of drug-likeness (QED) is 0.726. The van der Waals surface area contributed by atoms with Gasteiger partial charge in [-0.05, 0) is 42.7 Å². The lowest BCUT2D eigenvalue weighted by molar-refractivity contribution is -0.122. The summed E-state index contributed by atoms with van der Waals surface area (Å²) in [7, 11) is -3.66. The number of sulfonamides is 1. The van der Waals surface area contributed by atoms with Crippen molar-refractivity contribution in [3.8, 4) is 0 Å². The van der Waals surface area contributed by atoms with Crippen LogP contribution in [-0.4, -0.2) is 26.2 Å². The van der Waals surface area contributed by atoms with Crippen molar-refractivity contribution in [3.05, 3.63) is 65.0 Å². The topological polar surface area (TPSA) is 87.6 Å². The molecule has 6 nitrogen and oxygen atoms in total. The van der Waals surface area contributed by atoms with Gasteiger partial charge in [0, 0.05) is 12.1 Å². The number of halogens is 1. The number of carbonyl (C=O) groups excluding carboxylic acids is 1. The molecule has 0 saturated carbocycles. The van der Waals surface area contributed by atoms with Crippen LogP contribution in [0.5, 0.6) is 0 Å². The molecule has 0 saturated heterocycles. The molecule has 154 valence electrons. The first-order valence-electron chi connectivity index (χ1n) is 9.54. The molecule has 29 heavy (non-hydrogen) atoms. The van der Waals surface area contributed by atoms with Gasteiger partial charge >= 0.3 is 0 Å². The molecule has 1 unspecified atom stereocenters. The summed E-state index contributed by atoms with van der Waals surface area (Å²) >= 11 is 0. The maximum atomic E-state index is 13.4. The molecular formula is C21H24FN3O3S. The first kappa shape index (κ1) is 21.0. The van der Waals surface area contributed by atoms with Crippen LogP contribution in [0.3, 0.4) is 0 Å². The second-order valence-electron chi connectivity index (χ2n) is 7.04. The van der Waals surface area contributed by atoms with Crippen LogP contribution in [0.15, 0.2) is 52.4 Å². The Morgan fingerprint density at radius 1 is 1.24 bits per heavy atom. The highest BCUT2D eigenvalue weighted by molar-refractivity contribution is 7.90. The van der Waals surface area contributed by atoms with Crippen molar-refractivity contribution < 1.29 is 17.6 Å². The van der Waals surface area contributed by atoms with Gasteiger partial charge in [0.2, 0.25) is 5.91 Å². The first-order valence-corrected chi connectivity index (χ1v) is 11.0. The number of aryl methyl sites for hydroxylation is 1. The number of unbranched alkanes of at least 4 members (excludes halogenated alkanes) is 1. The summed E-state index contributed by atoms with van der Waals surface area (Å²) in [6, 6.07) is 10.5. The number of hydrogen-bond donors (Lipinski definition) is 2. The zero-order chi connectivity index (χ0) is 21.0. The van der Waals surface area contributed by atoms with Gasteiger partial charge in [0.15, 0.2) is 0 Å². The van der Waals surface area contributed by atoms with E-state index in [-0.39, 0.29) is 29.0 Å². The number of benzene rings is 2. The minimum atomic E-state index is -3.66. The largest absolute Gasteiger partial charge is 0.350 e. The monoisotopic (exact) mass is 417 g/mol. The van der Waals surface area contributed by atoms with Gasteiger partial charge in [-0.2, -0.15) is 0 Å². The van der Waals surface area contributed by atoms with E-state index in [2.05, 4.69) is 15.0 Å². The third kappa shape index (κ3) is 4.82. The second-order valence-corrected chi connectivity index (χ2v) is 8.69. The first-order chi connectivity index (χ1) is 13.8. The smallest absolute Gasteiger partial charge is 0.263 e. The Labute approximate surface area is 170 Å². The molecule has 1 atom stereocenters. The number of rotatable bonds is 7. The number of amidine groups is 1. The van der Waals surface area contributed by atoms with Crippen molar-refractivity contribution in [3.63, 3.8) is 0 Å². The van der Waals surface area contributed by atoms with E-state index in [0.29, 0.717) is 17.5 Å². The van der Waals surface area contributed by atoms with Gasteiger partial charge in [-0.3, -0.25) is 14.5 Å². The predicted molar refractivity (Wildman–Crippen MR) is 110 cm³/mol. The van der Waals surface area contributed by atoms with Crippen molar-refractivity contribution in [1.29, 1.82) is 0 Å². The van der Waals surface area contributed by atoms with E-state index in [4.69, 9.17) is 0 Å². The summed E-state index contributed by atoms with van der Waals surface area (Å²) in [5, 5.41) is 2.83. The van der Waals surface area contributed by atoms with Gasteiger partial charge < -0.3 is 5.32 Å². The van der Waals surface area contributed by atoms with E-state index in [9.17, 15) is 17.6 Å². The normalized spacial score (nSPS) is 16.9. The number of amides is 1. The molecule has 2 aromatic carbocycles. The molecule has 1 aliphatic rings. The van der Waals surface area contributed by atoms with Crippen molar-refractivity contribution in [1.82, 2.24) is 10.0 Å². The Bertz CT molecular complexity index is 1050. The summed E-state index contributed by atoms with van der Waals surface area (Å²) in [4.78, 5) is 17.4. The summed E-state index contributed by atoms with van der Waals surface area (Å²) in [5.41, 5.74) is 1.76. The molecule has 1 amide bonds. The Balaban J connectivity index is 1.80. The molecule has 2 aromatic rings. The highest BCUT2D eigenvalue weighted by Crippen LogP contribution is 2.23. The molecule has 0 bridgehead atoms. The Morgan fingerprint density at radius 3 is 2.72 bits per heavy atom. The molecule has 3 rings (SSSR count). The van der Waals surface area contributed by atoms with E-state index in [1.807, 2.05) is 6.92 Å². The number of nitrogens with zero attached hydrogens (tertiary/aromatic N) is 1. The zero-order valence-corrected chi connectivity index (χ0v) is 17.2. The summed E-state index contributed by atoms with van der Waals surface area (Å²) < 4.78 is 40.4. The van der Waals surface area contributed by atoms with Crippen molar-refractivity contribution in [2.45, 2.75) is 50.6 Å². The summed E-state index contributed by atoms with van der Waals surface area (Å²) in [5.74, 6) is -0.398. The van der Waals surface area contributed by atoms with E-state index < -0.39 is 16.1 Å². The van der Waals surface area contributed by atoms with Crippen molar-refractivity contribution in [2.75, 3.05) is 0 Å². The highest BCUT2D eigenvalue weighted by atomic mass is 32.2. The van der Waals surface area contributed by atoms with Gasteiger partial charge in [-0.15, -0.1) is 0 Å². The summed E-state index contributed by atoms with van der Waals surface area (Å²) in [6.07, 6.45) is 2.16. The molecule has 1 aliphatic heterocycles. The van der Waals surface area contributed by atoms with Gasteiger partial charge in [-0.25, -0.2) is 12.8 Å². The molecule has 2 N–H and O–H groups in total. The predicted octanol–water partition coefficient (Wildman–Crippen LogP) is 3.05. The molecular weight excluding hydrogens is 393 g/mol. The minimum Gasteiger partial charge on any atom is -0.350 e. The highest BCUT2D eigenvalue weighted by Gasteiger charge is 2.31. The summed E-state index contributed by atoms with van der Waals surface area (Å²) in [6.45, 7) is 3.92. The van der Waals surface area contributed by atoms with E-state index in [1.165, 1.54) is 12.1 Å². The van der Waals surface area contributed by atoms with Crippen molar-refractivity contribution >= 4 is 21.8 Å². The van der Waals surface area contributed by atoms with Crippen LogP contribution < -0.4 is 10.0 Å². The average Bonchev–Trinajstić information content (AvgIpc) is 2.96. The van der Waals surface area contributed by atoms with Crippen LogP contribution in [0, 0.1) is 12.7 Å². The number of fused-ring (bicyclic) bond motifs is 1. The van der Waals surface area contributed by atoms with Crippen molar-refractivity contribution in [2.24, 2.45) is 4.99 Å². The van der Waals surface area contributed by atoms with Crippen LogP contribution >= 0.6 is 0 Å². The average molecular weight is 418 g/mol. The molecule has 0 aliphatic carbocycles. The third-order valence-electron chi connectivity index (χ3n) is 4.77. The molecule has 0 aromatic heterocycles. The molecule has 0 spiro atoms. The standard InChI is InChI=1S/C21H24FN3O3S/c1-3-4-8-18(21(26)23-13-15-10-11-17(22)14(2)12-15)24-20-16-7-5-6-9-19(16)29(27,28)25-20/h5-7,9-12,18H,3-4,8,13H2,1-2H3,(H,23,26)(H,24,25). The molecule has 0 radical (unpaired) electrons. The number of nitrogens with one attached hydrogen (secondary N) is 2. The second kappa shape index (κ2) is 8.73. The van der Waals surface area contributed by atoms with E-state index in [1.54, 1.807) is 37.3 Å². The van der Waals surface area contributed by atoms with Gasteiger partial charge in [0.25, 0.3) is 10.0 Å². The number of carbonyl (C=O) groups is 1. The van der Waals surface area contributed by atoms with Gasteiger partial charge in [0.1, 0.15) is 17.7 Å². The molecule has 8 heteroatoms. The van der Waals surface area contributed by atoms with E-state index in [0.717, 1.165) is 18.4 Å². The van der Waals surface area contributed by atoms with Crippen LogP contribution in [0.25, 0.3) is 0 Å². The molecule has 1 heterocycles. The lowest BCUT2D eigenvalue weighted by atomic mass is 10.1. The fourth-order valence-corrected chi connectivity index (χ4v) is 4.40.